The number of rotatable bonds is 16. The van der Waals surface area contributed by atoms with Crippen LogP contribution in [-0.2, 0) is 24.5 Å². The van der Waals surface area contributed by atoms with Crippen LogP contribution in [0.15, 0.2) is 91.0 Å². The molecule has 0 aliphatic rings. The van der Waals surface area contributed by atoms with Crippen molar-refractivity contribution in [1.29, 1.82) is 0 Å². The van der Waals surface area contributed by atoms with Gasteiger partial charge in [-0.15, -0.1) is 0 Å². The van der Waals surface area contributed by atoms with Gasteiger partial charge < -0.3 is 18.9 Å². The largest absolute Gasteiger partial charge is 0.508 e. The molecule has 198 valence electrons. The van der Waals surface area contributed by atoms with Crippen molar-refractivity contribution in [3.05, 3.63) is 108 Å². The van der Waals surface area contributed by atoms with Crippen LogP contribution in [0.5, 0.6) is 0 Å². The molecule has 0 spiro atoms. The zero-order valence-electron chi connectivity index (χ0n) is 22.1. The molecule has 0 fully saturated rings. The van der Waals surface area contributed by atoms with Crippen molar-refractivity contribution in [2.45, 2.75) is 57.2 Å². The molecule has 0 heterocycles. The Bertz CT molecular complexity index is 910. The van der Waals surface area contributed by atoms with Crippen molar-refractivity contribution < 1.29 is 23.7 Å². The Balaban J connectivity index is 1.80. The van der Waals surface area contributed by atoms with E-state index in [0.717, 1.165) is 29.5 Å². The number of carbonyl (C=O) groups excluding carboxylic acids is 1. The van der Waals surface area contributed by atoms with Gasteiger partial charge in [0.2, 0.25) is 0 Å². The Kier molecular flexibility index (Phi) is 12.2. The van der Waals surface area contributed by atoms with Crippen molar-refractivity contribution in [2.75, 3.05) is 26.9 Å². The van der Waals surface area contributed by atoms with Crippen LogP contribution in [0.3, 0.4) is 0 Å². The minimum Gasteiger partial charge on any atom is -0.438 e. The summed E-state index contributed by atoms with van der Waals surface area (Å²) in [5, 5.41) is 0. The predicted molar refractivity (Wildman–Crippen MR) is 147 cm³/mol. The second-order valence-electron chi connectivity index (χ2n) is 9.13. The summed E-state index contributed by atoms with van der Waals surface area (Å²) in [5.41, 5.74) is 2.05. The van der Waals surface area contributed by atoms with Crippen LogP contribution in [-0.4, -0.2) is 39.2 Å². The molecule has 0 aliphatic heterocycles. The molecule has 3 rings (SSSR count). The third-order valence-electron chi connectivity index (χ3n) is 6.40. The summed E-state index contributed by atoms with van der Waals surface area (Å²) < 4.78 is 23.1. The first kappa shape index (κ1) is 28.4. The molecule has 0 aliphatic carbocycles. The third-order valence-corrected chi connectivity index (χ3v) is 6.40. The number of unbranched alkanes of at least 4 members (excludes halogenated alkanes) is 5. The maximum atomic E-state index is 12.0. The lowest BCUT2D eigenvalue weighted by Crippen LogP contribution is -2.38. The first-order chi connectivity index (χ1) is 18.2. The highest BCUT2D eigenvalue weighted by Gasteiger charge is 2.38. The predicted octanol–water partition coefficient (Wildman–Crippen LogP) is 7.52. The van der Waals surface area contributed by atoms with E-state index in [9.17, 15) is 4.79 Å². The lowest BCUT2D eigenvalue weighted by atomic mass is 9.80. The molecule has 0 aromatic heterocycles. The van der Waals surface area contributed by atoms with Gasteiger partial charge in [-0.2, -0.15) is 0 Å². The van der Waals surface area contributed by atoms with Gasteiger partial charge in [0.15, 0.2) is 6.10 Å². The molecule has 1 unspecified atom stereocenters. The fourth-order valence-electron chi connectivity index (χ4n) is 4.49. The molecule has 1 atom stereocenters. The van der Waals surface area contributed by atoms with E-state index in [0.29, 0.717) is 6.61 Å². The monoisotopic (exact) mass is 504 g/mol. The van der Waals surface area contributed by atoms with Crippen molar-refractivity contribution >= 4 is 6.16 Å². The average molecular weight is 505 g/mol. The van der Waals surface area contributed by atoms with Gasteiger partial charge in [0.25, 0.3) is 0 Å². The van der Waals surface area contributed by atoms with Gasteiger partial charge in [0.05, 0.1) is 20.3 Å². The molecule has 5 nitrogen and oxygen atoms in total. The van der Waals surface area contributed by atoms with E-state index >= 15 is 0 Å². The molecule has 0 bridgehead atoms. The van der Waals surface area contributed by atoms with Gasteiger partial charge in [0.1, 0.15) is 5.60 Å². The highest BCUT2D eigenvalue weighted by molar-refractivity contribution is 5.59. The zero-order valence-corrected chi connectivity index (χ0v) is 22.1. The molecule has 0 radical (unpaired) electrons. The Morgan fingerprint density at radius 2 is 1.19 bits per heavy atom. The molecule has 5 heteroatoms. The van der Waals surface area contributed by atoms with Crippen molar-refractivity contribution in [3.63, 3.8) is 0 Å². The van der Waals surface area contributed by atoms with Crippen LogP contribution in [0.25, 0.3) is 0 Å². The Morgan fingerprint density at radius 1 is 0.703 bits per heavy atom. The van der Waals surface area contributed by atoms with Crippen LogP contribution in [0.4, 0.5) is 4.79 Å². The van der Waals surface area contributed by atoms with Crippen LogP contribution < -0.4 is 0 Å². The second-order valence-corrected chi connectivity index (χ2v) is 9.13. The Morgan fingerprint density at radius 3 is 1.68 bits per heavy atom. The molecule has 3 aromatic rings. The van der Waals surface area contributed by atoms with Crippen molar-refractivity contribution in [3.8, 4) is 0 Å². The SMILES string of the molecule is CCCCCCCCOCC(COC(c1ccccc1)(c1ccccc1)c1ccccc1)OC(=O)OC. The molecule has 0 N–H and O–H groups in total. The minimum absolute atomic E-state index is 0.129. The minimum atomic E-state index is -0.902. The summed E-state index contributed by atoms with van der Waals surface area (Å²) in [4.78, 5) is 12.0. The van der Waals surface area contributed by atoms with Crippen LogP contribution in [0.1, 0.15) is 62.1 Å². The molecular formula is C32H40O5. The lowest BCUT2D eigenvalue weighted by Gasteiger charge is -2.37. The van der Waals surface area contributed by atoms with Gasteiger partial charge in [-0.05, 0) is 23.1 Å². The van der Waals surface area contributed by atoms with Gasteiger partial charge in [-0.3, -0.25) is 0 Å². The number of ether oxygens (including phenoxy) is 4. The summed E-state index contributed by atoms with van der Waals surface area (Å²) in [6.07, 6.45) is 5.74. The quantitative estimate of drug-likeness (QED) is 0.115. The van der Waals surface area contributed by atoms with Crippen LogP contribution >= 0.6 is 0 Å². The summed E-state index contributed by atoms with van der Waals surface area (Å²) in [5.74, 6) is 0. The fourth-order valence-corrected chi connectivity index (χ4v) is 4.49. The van der Waals surface area contributed by atoms with E-state index in [1.807, 2.05) is 54.6 Å². The van der Waals surface area contributed by atoms with E-state index in [1.165, 1.54) is 32.8 Å². The summed E-state index contributed by atoms with van der Waals surface area (Å²) in [6, 6.07) is 30.4. The first-order valence-electron chi connectivity index (χ1n) is 13.3. The van der Waals surface area contributed by atoms with Gasteiger partial charge in [-0.25, -0.2) is 4.79 Å². The van der Waals surface area contributed by atoms with Crippen LogP contribution in [0.2, 0.25) is 0 Å². The van der Waals surface area contributed by atoms with E-state index in [-0.39, 0.29) is 13.2 Å². The normalized spacial score (nSPS) is 12.2. The van der Waals surface area contributed by atoms with E-state index < -0.39 is 17.9 Å². The maximum absolute atomic E-state index is 12.0. The Hall–Kier alpha value is -3.15. The fraction of sp³-hybridized carbons (Fsp3) is 0.406. The second kappa shape index (κ2) is 15.9. The number of hydrogen-bond donors (Lipinski definition) is 0. The maximum Gasteiger partial charge on any atom is 0.508 e. The topological polar surface area (TPSA) is 54.0 Å². The van der Waals surface area contributed by atoms with E-state index in [4.69, 9.17) is 18.9 Å². The molecule has 3 aromatic carbocycles. The average Bonchev–Trinajstić information content (AvgIpc) is 2.96. The van der Waals surface area contributed by atoms with Gasteiger partial charge >= 0.3 is 6.16 Å². The van der Waals surface area contributed by atoms with Gasteiger partial charge in [-0.1, -0.05) is 130 Å². The molecule has 0 saturated carbocycles. The van der Waals surface area contributed by atoms with Crippen molar-refractivity contribution in [1.82, 2.24) is 0 Å². The first-order valence-corrected chi connectivity index (χ1v) is 13.3. The number of methoxy groups -OCH3 is 1. The smallest absolute Gasteiger partial charge is 0.438 e. The molecular weight excluding hydrogens is 464 g/mol. The summed E-state index contributed by atoms with van der Waals surface area (Å²) in [7, 11) is 1.31. The molecule has 0 saturated heterocycles. The highest BCUT2D eigenvalue weighted by atomic mass is 16.7. The van der Waals surface area contributed by atoms with Gasteiger partial charge in [0, 0.05) is 6.61 Å². The van der Waals surface area contributed by atoms with E-state index in [1.54, 1.807) is 0 Å². The third kappa shape index (κ3) is 8.44. The lowest BCUT2D eigenvalue weighted by molar-refractivity contribution is -0.0795. The Labute approximate surface area is 221 Å². The number of carbonyl (C=O) groups is 1. The number of hydrogen-bond acceptors (Lipinski definition) is 5. The summed E-state index contributed by atoms with van der Waals surface area (Å²) in [6.45, 7) is 3.20. The van der Waals surface area contributed by atoms with Crippen LogP contribution in [0, 0.1) is 0 Å². The zero-order chi connectivity index (χ0) is 26.2. The summed E-state index contributed by atoms with van der Waals surface area (Å²) >= 11 is 0. The number of benzene rings is 3. The van der Waals surface area contributed by atoms with E-state index in [2.05, 4.69) is 43.3 Å². The molecule has 0 amide bonds. The van der Waals surface area contributed by atoms with Crippen molar-refractivity contribution in [2.24, 2.45) is 0 Å². The highest BCUT2D eigenvalue weighted by Crippen LogP contribution is 2.40. The standard InChI is InChI=1S/C32H40O5/c1-3-4-5-6-7-17-24-35-25-30(37-31(33)34-2)26-36-32(27-18-11-8-12-19-27,28-20-13-9-14-21-28)29-22-15-10-16-23-29/h8-16,18-23,30H,3-7,17,24-26H2,1-2H3. The molecule has 37 heavy (non-hydrogen) atoms.